The van der Waals surface area contributed by atoms with Crippen LogP contribution >= 0.6 is 0 Å². The van der Waals surface area contributed by atoms with Crippen LogP contribution in [0.2, 0.25) is 0 Å². The smallest absolute Gasteiger partial charge is 0.387 e. The third kappa shape index (κ3) is 3.80. The Kier molecular flexibility index (Phi) is 4.33. The van der Waals surface area contributed by atoms with Crippen molar-refractivity contribution in [3.63, 3.8) is 0 Å². The van der Waals surface area contributed by atoms with Gasteiger partial charge in [0.2, 0.25) is 10.0 Å². The van der Waals surface area contributed by atoms with Crippen LogP contribution in [0, 0.1) is 5.92 Å². The van der Waals surface area contributed by atoms with Crippen molar-refractivity contribution in [2.75, 3.05) is 19.6 Å². The summed E-state index contributed by atoms with van der Waals surface area (Å²) in [6.45, 7) is -1.39. The van der Waals surface area contributed by atoms with Gasteiger partial charge in [0.1, 0.15) is 6.54 Å². The summed E-state index contributed by atoms with van der Waals surface area (Å²) in [7, 11) is -3.80. The fraction of sp³-hybridized carbons (Fsp3) is 0.533. The summed E-state index contributed by atoms with van der Waals surface area (Å²) in [5.41, 5.74) is -1.02. The number of benzene rings is 1. The van der Waals surface area contributed by atoms with Gasteiger partial charge in [0, 0.05) is 18.7 Å². The summed E-state index contributed by atoms with van der Waals surface area (Å²) in [5, 5.41) is 11.9. The van der Waals surface area contributed by atoms with Gasteiger partial charge in [-0.25, -0.2) is 8.42 Å². The maximum atomic E-state index is 12.4. The number of β-amino-alcohol motifs (C(OH)–C–C–N with tert-alkyl or cyclic N) is 1. The zero-order chi connectivity index (χ0) is 18.5. The van der Waals surface area contributed by atoms with Gasteiger partial charge in [-0.2, -0.15) is 17.5 Å². The Balaban J connectivity index is 1.64. The van der Waals surface area contributed by atoms with Crippen molar-refractivity contribution < 1.29 is 31.5 Å². The Morgan fingerprint density at radius 3 is 2.28 bits per heavy atom. The van der Waals surface area contributed by atoms with E-state index in [0.717, 1.165) is 29.3 Å². The van der Waals surface area contributed by atoms with Crippen LogP contribution in [0.1, 0.15) is 23.2 Å². The molecule has 0 aromatic heterocycles. The number of amides is 1. The second-order valence-electron chi connectivity index (χ2n) is 6.47. The van der Waals surface area contributed by atoms with Crippen LogP contribution in [-0.4, -0.2) is 55.1 Å². The molecule has 6 nitrogen and oxygen atoms in total. The molecule has 1 saturated carbocycles. The maximum absolute atomic E-state index is 12.4. The topological polar surface area (TPSA) is 86.7 Å². The van der Waals surface area contributed by atoms with Crippen LogP contribution in [0.25, 0.3) is 0 Å². The number of halogens is 3. The van der Waals surface area contributed by atoms with Crippen LogP contribution in [0.15, 0.2) is 29.2 Å². The van der Waals surface area contributed by atoms with Gasteiger partial charge < -0.3 is 10.4 Å². The summed E-state index contributed by atoms with van der Waals surface area (Å²) in [6.07, 6.45) is -2.73. The normalized spacial score (nSPS) is 20.8. The highest BCUT2D eigenvalue weighted by atomic mass is 32.2. The molecule has 0 bridgehead atoms. The average Bonchev–Trinajstić information content (AvgIpc) is 3.34. The molecule has 2 N–H and O–H groups in total. The number of rotatable bonds is 5. The Labute approximate surface area is 142 Å². The Morgan fingerprint density at radius 1 is 1.24 bits per heavy atom. The lowest BCUT2D eigenvalue weighted by atomic mass is 9.91. The van der Waals surface area contributed by atoms with E-state index >= 15 is 0 Å². The molecule has 25 heavy (non-hydrogen) atoms. The van der Waals surface area contributed by atoms with Gasteiger partial charge >= 0.3 is 6.18 Å². The van der Waals surface area contributed by atoms with E-state index < -0.39 is 34.3 Å². The highest BCUT2D eigenvalue weighted by Gasteiger charge is 2.55. The number of carbonyl (C=O) groups excluding carboxylic acids is 1. The molecule has 10 heteroatoms. The number of aliphatic hydroxyl groups is 1. The molecule has 2 fully saturated rings. The SMILES string of the molecule is O=C(NCC(F)(F)F)c1ccc(S(=O)(=O)N2CC(O)(C3CC3)C2)cc1. The molecule has 1 saturated heterocycles. The van der Waals surface area contributed by atoms with Crippen LogP contribution in [0.3, 0.4) is 0 Å². The summed E-state index contributed by atoms with van der Waals surface area (Å²) in [4.78, 5) is 11.5. The number of nitrogens with zero attached hydrogens (tertiary/aromatic N) is 1. The predicted molar refractivity (Wildman–Crippen MR) is 81.3 cm³/mol. The zero-order valence-corrected chi connectivity index (χ0v) is 13.9. The molecule has 1 aliphatic carbocycles. The van der Waals surface area contributed by atoms with Crippen molar-refractivity contribution >= 4 is 15.9 Å². The van der Waals surface area contributed by atoms with Crippen LogP contribution < -0.4 is 5.32 Å². The highest BCUT2D eigenvalue weighted by Crippen LogP contribution is 2.45. The van der Waals surface area contributed by atoms with E-state index in [-0.39, 0.29) is 29.5 Å². The molecule has 1 amide bonds. The first-order chi connectivity index (χ1) is 11.5. The third-order valence-corrected chi connectivity index (χ3v) is 6.25. The third-order valence-electron chi connectivity index (χ3n) is 4.44. The molecule has 2 aliphatic rings. The number of carbonyl (C=O) groups is 1. The molecule has 1 heterocycles. The Hall–Kier alpha value is -1.65. The molecule has 138 valence electrons. The lowest BCUT2D eigenvalue weighted by Crippen LogP contribution is -2.64. The Morgan fingerprint density at radius 2 is 1.80 bits per heavy atom. The first-order valence-electron chi connectivity index (χ1n) is 7.69. The van der Waals surface area contributed by atoms with Gasteiger partial charge in [-0.05, 0) is 43.0 Å². The molecule has 1 aromatic rings. The van der Waals surface area contributed by atoms with Crippen molar-refractivity contribution in [1.29, 1.82) is 0 Å². The molecule has 0 unspecified atom stereocenters. The second-order valence-corrected chi connectivity index (χ2v) is 8.41. The van der Waals surface area contributed by atoms with E-state index in [4.69, 9.17) is 0 Å². The predicted octanol–water partition coefficient (Wildman–Crippen LogP) is 1.12. The molecule has 0 radical (unpaired) electrons. The largest absolute Gasteiger partial charge is 0.405 e. The quantitative estimate of drug-likeness (QED) is 0.804. The first-order valence-corrected chi connectivity index (χ1v) is 9.13. The van der Waals surface area contributed by atoms with Gasteiger partial charge in [-0.3, -0.25) is 4.79 Å². The second kappa shape index (κ2) is 5.96. The van der Waals surface area contributed by atoms with E-state index in [2.05, 4.69) is 0 Å². The standard InChI is InChI=1S/C15H17F3N2O4S/c16-15(17,18)7-19-13(21)10-1-5-12(6-2-10)25(23,24)20-8-14(22,9-20)11-3-4-11/h1-2,5-6,11,22H,3-4,7-9H2,(H,19,21). The Bertz CT molecular complexity index is 767. The van der Waals surface area contributed by atoms with Crippen molar-refractivity contribution in [3.8, 4) is 0 Å². The van der Waals surface area contributed by atoms with E-state index in [9.17, 15) is 31.5 Å². The van der Waals surface area contributed by atoms with Crippen molar-refractivity contribution in [3.05, 3.63) is 29.8 Å². The minimum atomic E-state index is -4.52. The molecule has 0 atom stereocenters. The molecule has 1 aliphatic heterocycles. The van der Waals surface area contributed by atoms with Crippen LogP contribution in [-0.2, 0) is 10.0 Å². The fourth-order valence-electron chi connectivity index (χ4n) is 2.82. The van der Waals surface area contributed by atoms with Crippen molar-refractivity contribution in [2.45, 2.75) is 29.5 Å². The first kappa shape index (κ1) is 18.2. The summed E-state index contributed by atoms with van der Waals surface area (Å²) >= 11 is 0. The fourth-order valence-corrected chi connectivity index (χ4v) is 4.39. The molecular weight excluding hydrogens is 361 g/mol. The molecular formula is C15H17F3N2O4S. The summed E-state index contributed by atoms with van der Waals surface area (Å²) in [6, 6.07) is 4.66. The van der Waals surface area contributed by atoms with Gasteiger partial charge in [-0.1, -0.05) is 0 Å². The highest BCUT2D eigenvalue weighted by molar-refractivity contribution is 7.89. The van der Waals surface area contributed by atoms with Crippen molar-refractivity contribution in [2.24, 2.45) is 5.92 Å². The van der Waals surface area contributed by atoms with Gasteiger partial charge in [0.15, 0.2) is 0 Å². The van der Waals surface area contributed by atoms with E-state index in [0.29, 0.717) is 0 Å². The number of alkyl halides is 3. The minimum absolute atomic E-state index is 0.0355. The van der Waals surface area contributed by atoms with Crippen molar-refractivity contribution in [1.82, 2.24) is 9.62 Å². The summed E-state index contributed by atoms with van der Waals surface area (Å²) in [5.74, 6) is -0.785. The minimum Gasteiger partial charge on any atom is -0.387 e. The monoisotopic (exact) mass is 378 g/mol. The molecule has 3 rings (SSSR count). The summed E-state index contributed by atoms with van der Waals surface area (Å²) < 4.78 is 62.3. The number of sulfonamides is 1. The van der Waals surface area contributed by atoms with Gasteiger partial charge in [0.25, 0.3) is 5.91 Å². The van der Waals surface area contributed by atoms with E-state index in [1.54, 1.807) is 5.32 Å². The van der Waals surface area contributed by atoms with Crippen LogP contribution in [0.4, 0.5) is 13.2 Å². The zero-order valence-electron chi connectivity index (χ0n) is 13.1. The number of hydrogen-bond acceptors (Lipinski definition) is 4. The van der Waals surface area contributed by atoms with Gasteiger partial charge in [-0.15, -0.1) is 0 Å². The van der Waals surface area contributed by atoms with Gasteiger partial charge in [0.05, 0.1) is 10.5 Å². The molecule has 1 aromatic carbocycles. The average molecular weight is 378 g/mol. The van der Waals surface area contributed by atoms with E-state index in [1.165, 1.54) is 12.1 Å². The number of hydrogen-bond donors (Lipinski definition) is 2. The lowest BCUT2D eigenvalue weighted by Gasteiger charge is -2.45. The van der Waals surface area contributed by atoms with E-state index in [1.807, 2.05) is 0 Å². The maximum Gasteiger partial charge on any atom is 0.405 e. The lowest BCUT2D eigenvalue weighted by molar-refractivity contribution is -0.123. The van der Waals surface area contributed by atoms with Crippen LogP contribution in [0.5, 0.6) is 0 Å². The number of nitrogens with one attached hydrogen (secondary N) is 1. The molecule has 0 spiro atoms.